The monoisotopic (exact) mass is 624 g/mol. The molecule has 1 amide bonds. The molecule has 0 aliphatic rings. The van der Waals surface area contributed by atoms with Crippen LogP contribution in [0.25, 0.3) is 11.3 Å². The van der Waals surface area contributed by atoms with Crippen LogP contribution in [0, 0.1) is 0 Å². The Kier molecular flexibility index (Phi) is 9.83. The molecular formula is C33H28N4O3S3. The first-order chi connectivity index (χ1) is 20.9. The fourth-order valence-electron chi connectivity index (χ4n) is 4.16. The maximum absolute atomic E-state index is 13.6. The van der Waals surface area contributed by atoms with Crippen LogP contribution in [-0.4, -0.2) is 28.9 Å². The molecule has 1 heterocycles. The summed E-state index contributed by atoms with van der Waals surface area (Å²) in [5, 5.41) is 11.7. The summed E-state index contributed by atoms with van der Waals surface area (Å²) in [6.07, 6.45) is 0. The van der Waals surface area contributed by atoms with E-state index in [2.05, 4.69) is 20.9 Å². The number of Topliss-reactive ketones (excluding diaryl/α,β-unsaturated/α-hetero) is 1. The van der Waals surface area contributed by atoms with Crippen LogP contribution in [0.5, 0.6) is 5.75 Å². The Labute approximate surface area is 263 Å². The molecule has 5 aromatic rings. The van der Waals surface area contributed by atoms with Gasteiger partial charge >= 0.3 is 0 Å². The minimum absolute atomic E-state index is 0.00835. The van der Waals surface area contributed by atoms with Crippen molar-refractivity contribution in [3.8, 4) is 17.0 Å². The van der Waals surface area contributed by atoms with Crippen LogP contribution in [0.15, 0.2) is 113 Å². The van der Waals surface area contributed by atoms with Crippen LogP contribution in [0.4, 0.5) is 16.5 Å². The van der Waals surface area contributed by atoms with Crippen molar-refractivity contribution in [1.29, 1.82) is 0 Å². The van der Waals surface area contributed by atoms with Crippen LogP contribution in [-0.2, 0) is 4.79 Å². The number of nitrogens with one attached hydrogen (secondary N) is 3. The van der Waals surface area contributed by atoms with Crippen molar-refractivity contribution in [3.63, 3.8) is 0 Å². The van der Waals surface area contributed by atoms with Crippen LogP contribution in [0.1, 0.15) is 28.1 Å². The topological polar surface area (TPSA) is 92.4 Å². The van der Waals surface area contributed by atoms with Gasteiger partial charge < -0.3 is 20.7 Å². The number of aromatic nitrogens is 1. The molecule has 4 aromatic carbocycles. The summed E-state index contributed by atoms with van der Waals surface area (Å²) >= 11 is 8.33. The molecule has 10 heteroatoms. The first kappa shape index (κ1) is 30.0. The molecule has 5 rings (SSSR count). The number of thiocarbonyl (C=S) groups is 1. The Hall–Kier alpha value is -4.51. The Morgan fingerprint density at radius 2 is 1.58 bits per heavy atom. The third-order valence-corrected chi connectivity index (χ3v) is 8.57. The summed E-state index contributed by atoms with van der Waals surface area (Å²) in [7, 11) is 1.63. The van der Waals surface area contributed by atoms with Crippen molar-refractivity contribution in [2.75, 3.05) is 23.1 Å². The number of thiazole rings is 1. The van der Waals surface area contributed by atoms with Gasteiger partial charge in [0, 0.05) is 32.8 Å². The van der Waals surface area contributed by atoms with Gasteiger partial charge in [-0.1, -0.05) is 36.4 Å². The zero-order valence-corrected chi connectivity index (χ0v) is 25.8. The van der Waals surface area contributed by atoms with E-state index in [1.807, 2.05) is 96.4 Å². The van der Waals surface area contributed by atoms with Gasteiger partial charge in [0.2, 0.25) is 5.91 Å². The first-order valence-corrected chi connectivity index (χ1v) is 15.5. The van der Waals surface area contributed by atoms with E-state index in [0.29, 0.717) is 15.8 Å². The van der Waals surface area contributed by atoms with Gasteiger partial charge in [-0.25, -0.2) is 4.98 Å². The standard InChI is InChI=1S/C33H28N4O3S3/c1-21(38)22-11-15-25(16-12-22)34-32(41)35-26-9-6-10-28(19-26)43-30(24-7-4-3-5-8-24)31(39)37-33-36-29(20-42-33)23-13-17-27(40-2)18-14-23/h3-20,30H,1-2H3,(H2,34,35,41)(H,36,37,39). The van der Waals surface area contributed by atoms with Crippen molar-refractivity contribution < 1.29 is 14.3 Å². The summed E-state index contributed by atoms with van der Waals surface area (Å²) in [5.41, 5.74) is 4.78. The maximum Gasteiger partial charge on any atom is 0.244 e. The van der Waals surface area contributed by atoms with E-state index in [4.69, 9.17) is 17.0 Å². The number of carbonyl (C=O) groups is 2. The van der Waals surface area contributed by atoms with E-state index in [0.717, 1.165) is 38.8 Å². The molecule has 43 heavy (non-hydrogen) atoms. The number of hydrogen-bond donors (Lipinski definition) is 3. The summed E-state index contributed by atoms with van der Waals surface area (Å²) < 4.78 is 5.24. The molecule has 0 aliphatic carbocycles. The zero-order valence-electron chi connectivity index (χ0n) is 23.4. The molecule has 0 aliphatic heterocycles. The SMILES string of the molecule is COc1ccc(-c2csc(NC(=O)C(Sc3cccc(NC(=S)Nc4ccc(C(C)=O)cc4)c3)c3ccccc3)n2)cc1. The van der Waals surface area contributed by atoms with Gasteiger partial charge in [0.25, 0.3) is 0 Å². The number of methoxy groups -OCH3 is 1. The fourth-order valence-corrected chi connectivity index (χ4v) is 6.20. The zero-order chi connectivity index (χ0) is 30.2. The van der Waals surface area contributed by atoms with Crippen LogP contribution in [0.3, 0.4) is 0 Å². The molecule has 0 radical (unpaired) electrons. The van der Waals surface area contributed by atoms with Gasteiger partial charge in [0.15, 0.2) is 16.0 Å². The van der Waals surface area contributed by atoms with Crippen LogP contribution >= 0.6 is 35.3 Å². The molecule has 0 saturated carbocycles. The summed E-state index contributed by atoms with van der Waals surface area (Å²) in [4.78, 5) is 30.7. The molecule has 0 fully saturated rings. The van der Waals surface area contributed by atoms with Gasteiger partial charge in [-0.2, -0.15) is 0 Å². The Bertz CT molecular complexity index is 1720. The normalized spacial score (nSPS) is 11.3. The number of anilines is 3. The van der Waals surface area contributed by atoms with Crippen molar-refractivity contribution in [2.24, 2.45) is 0 Å². The molecule has 1 unspecified atom stereocenters. The molecule has 216 valence electrons. The maximum atomic E-state index is 13.6. The second-order valence-corrected chi connectivity index (χ2v) is 11.8. The minimum Gasteiger partial charge on any atom is -0.497 e. The molecule has 3 N–H and O–H groups in total. The number of ketones is 1. The summed E-state index contributed by atoms with van der Waals surface area (Å²) in [6.45, 7) is 1.53. The van der Waals surface area contributed by atoms with Crippen molar-refractivity contribution in [3.05, 3.63) is 120 Å². The highest BCUT2D eigenvalue weighted by Crippen LogP contribution is 2.38. The Morgan fingerprint density at radius 1 is 0.860 bits per heavy atom. The van der Waals surface area contributed by atoms with Gasteiger partial charge in [-0.3, -0.25) is 9.59 Å². The number of hydrogen-bond acceptors (Lipinski definition) is 7. The molecule has 1 atom stereocenters. The van der Waals surface area contributed by atoms with Crippen LogP contribution < -0.4 is 20.7 Å². The smallest absolute Gasteiger partial charge is 0.244 e. The number of ether oxygens (including phenoxy) is 1. The number of nitrogens with zero attached hydrogens (tertiary/aromatic N) is 1. The average molecular weight is 625 g/mol. The van der Waals surface area contributed by atoms with Gasteiger partial charge in [-0.15, -0.1) is 23.1 Å². The third-order valence-electron chi connectivity index (χ3n) is 6.36. The molecule has 0 saturated heterocycles. The lowest BCUT2D eigenvalue weighted by Gasteiger charge is -2.17. The Balaban J connectivity index is 1.27. The Morgan fingerprint density at radius 3 is 2.28 bits per heavy atom. The second kappa shape index (κ2) is 14.1. The number of amides is 1. The highest BCUT2D eigenvalue weighted by Gasteiger charge is 2.23. The fraction of sp³-hybridized carbons (Fsp3) is 0.0909. The number of carbonyl (C=O) groups excluding carboxylic acids is 2. The highest BCUT2D eigenvalue weighted by atomic mass is 32.2. The van der Waals surface area contributed by atoms with E-state index >= 15 is 0 Å². The van der Waals surface area contributed by atoms with E-state index in [9.17, 15) is 9.59 Å². The van der Waals surface area contributed by atoms with Crippen molar-refractivity contribution >= 4 is 68.6 Å². The number of thioether (sulfide) groups is 1. The molecule has 0 bridgehead atoms. The molecule has 7 nitrogen and oxygen atoms in total. The molecule has 1 aromatic heterocycles. The van der Waals surface area contributed by atoms with Crippen molar-refractivity contribution in [2.45, 2.75) is 17.1 Å². The highest BCUT2D eigenvalue weighted by molar-refractivity contribution is 8.00. The molecular weight excluding hydrogens is 597 g/mol. The van der Waals surface area contributed by atoms with E-state index in [1.54, 1.807) is 19.2 Å². The van der Waals surface area contributed by atoms with Gasteiger partial charge in [0.05, 0.1) is 12.8 Å². The lowest BCUT2D eigenvalue weighted by atomic mass is 10.1. The lowest BCUT2D eigenvalue weighted by Crippen LogP contribution is -2.19. The van der Waals surface area contributed by atoms with Crippen molar-refractivity contribution in [1.82, 2.24) is 4.98 Å². The largest absolute Gasteiger partial charge is 0.497 e. The van der Waals surface area contributed by atoms with E-state index in [-0.39, 0.29) is 11.7 Å². The molecule has 0 spiro atoms. The van der Waals surface area contributed by atoms with E-state index in [1.165, 1.54) is 30.0 Å². The van der Waals surface area contributed by atoms with Gasteiger partial charge in [0.1, 0.15) is 11.0 Å². The second-order valence-electron chi connectivity index (χ2n) is 9.40. The predicted molar refractivity (Wildman–Crippen MR) is 181 cm³/mol. The van der Waals surface area contributed by atoms with E-state index < -0.39 is 5.25 Å². The first-order valence-electron chi connectivity index (χ1n) is 13.3. The average Bonchev–Trinajstić information content (AvgIpc) is 3.49. The summed E-state index contributed by atoms with van der Waals surface area (Å²) in [6, 6.07) is 32.2. The number of benzene rings is 4. The quantitative estimate of drug-likeness (QED) is 0.0812. The van der Waals surface area contributed by atoms with Crippen LogP contribution in [0.2, 0.25) is 0 Å². The lowest BCUT2D eigenvalue weighted by molar-refractivity contribution is -0.115. The third kappa shape index (κ3) is 8.07. The number of rotatable bonds is 10. The predicted octanol–water partition coefficient (Wildman–Crippen LogP) is 8.30. The van der Waals surface area contributed by atoms with Gasteiger partial charge in [-0.05, 0) is 91.4 Å². The summed E-state index contributed by atoms with van der Waals surface area (Å²) in [5.74, 6) is 0.610. The minimum atomic E-state index is -0.519.